The van der Waals surface area contributed by atoms with Crippen LogP contribution >= 0.6 is 0 Å². The van der Waals surface area contributed by atoms with Gasteiger partial charge in [0, 0.05) is 10.8 Å². The van der Waals surface area contributed by atoms with Crippen LogP contribution in [0.3, 0.4) is 0 Å². The molecule has 0 amide bonds. The standard InChI is InChI=1S/C16H11BO3/c18-17(19)11-6-7-13-15(9-11)20-14-8-5-10-3-1-2-4-12(10)16(13)14/h1-9,18-19H. The Hall–Kier alpha value is -2.30. The fourth-order valence-corrected chi connectivity index (χ4v) is 2.72. The maximum atomic E-state index is 9.24. The van der Waals surface area contributed by atoms with Gasteiger partial charge in [0.1, 0.15) is 11.2 Å². The van der Waals surface area contributed by atoms with Gasteiger partial charge in [0.25, 0.3) is 0 Å². The summed E-state index contributed by atoms with van der Waals surface area (Å²) < 4.78 is 5.83. The van der Waals surface area contributed by atoms with Crippen molar-refractivity contribution >= 4 is 45.3 Å². The van der Waals surface area contributed by atoms with Crippen LogP contribution in [0.4, 0.5) is 0 Å². The third-order valence-corrected chi connectivity index (χ3v) is 3.68. The Balaban J connectivity index is 2.17. The Morgan fingerprint density at radius 1 is 0.800 bits per heavy atom. The Morgan fingerprint density at radius 2 is 1.65 bits per heavy atom. The van der Waals surface area contributed by atoms with Crippen LogP contribution < -0.4 is 5.46 Å². The summed E-state index contributed by atoms with van der Waals surface area (Å²) in [5.74, 6) is 0. The van der Waals surface area contributed by atoms with Crippen molar-refractivity contribution in [2.24, 2.45) is 0 Å². The summed E-state index contributed by atoms with van der Waals surface area (Å²) in [4.78, 5) is 0. The van der Waals surface area contributed by atoms with E-state index in [0.29, 0.717) is 11.0 Å². The molecule has 20 heavy (non-hydrogen) atoms. The topological polar surface area (TPSA) is 53.6 Å². The molecule has 0 saturated carbocycles. The fourth-order valence-electron chi connectivity index (χ4n) is 2.72. The minimum Gasteiger partial charge on any atom is -0.456 e. The van der Waals surface area contributed by atoms with E-state index in [9.17, 15) is 10.0 Å². The van der Waals surface area contributed by atoms with Gasteiger partial charge in [-0.15, -0.1) is 0 Å². The summed E-state index contributed by atoms with van der Waals surface area (Å²) in [6.07, 6.45) is 0. The molecule has 4 aromatic rings. The highest BCUT2D eigenvalue weighted by Gasteiger charge is 2.15. The molecule has 0 spiro atoms. The first-order chi connectivity index (χ1) is 9.74. The number of fused-ring (bicyclic) bond motifs is 5. The van der Waals surface area contributed by atoms with Crippen molar-refractivity contribution in [1.82, 2.24) is 0 Å². The minimum absolute atomic E-state index is 0.431. The van der Waals surface area contributed by atoms with E-state index in [0.717, 1.165) is 27.1 Å². The monoisotopic (exact) mass is 262 g/mol. The highest BCUT2D eigenvalue weighted by atomic mass is 16.4. The number of benzene rings is 3. The predicted molar refractivity (Wildman–Crippen MR) is 81.1 cm³/mol. The molecule has 4 heteroatoms. The molecule has 3 nitrogen and oxygen atoms in total. The molecule has 0 unspecified atom stereocenters. The second-order valence-electron chi connectivity index (χ2n) is 4.89. The van der Waals surface area contributed by atoms with E-state index < -0.39 is 7.12 Å². The van der Waals surface area contributed by atoms with E-state index >= 15 is 0 Å². The maximum Gasteiger partial charge on any atom is 0.488 e. The highest BCUT2D eigenvalue weighted by molar-refractivity contribution is 6.59. The van der Waals surface area contributed by atoms with Gasteiger partial charge in [-0.3, -0.25) is 0 Å². The van der Waals surface area contributed by atoms with Crippen molar-refractivity contribution in [3.8, 4) is 0 Å². The maximum absolute atomic E-state index is 9.24. The van der Waals surface area contributed by atoms with Gasteiger partial charge in [-0.2, -0.15) is 0 Å². The van der Waals surface area contributed by atoms with Crippen LogP contribution in [0.2, 0.25) is 0 Å². The first kappa shape index (κ1) is 11.5. The predicted octanol–water partition coefficient (Wildman–Crippen LogP) is 2.42. The zero-order valence-corrected chi connectivity index (χ0v) is 10.6. The largest absolute Gasteiger partial charge is 0.488 e. The number of rotatable bonds is 1. The van der Waals surface area contributed by atoms with Crippen LogP contribution in [-0.4, -0.2) is 17.2 Å². The summed E-state index contributed by atoms with van der Waals surface area (Å²) in [5, 5.41) is 22.8. The third kappa shape index (κ3) is 1.56. The van der Waals surface area contributed by atoms with Gasteiger partial charge in [-0.1, -0.05) is 42.5 Å². The average Bonchev–Trinajstić information content (AvgIpc) is 2.85. The first-order valence-corrected chi connectivity index (χ1v) is 6.44. The SMILES string of the molecule is OB(O)c1ccc2c(c1)oc1ccc3ccccc3c12. The Morgan fingerprint density at radius 3 is 2.50 bits per heavy atom. The first-order valence-electron chi connectivity index (χ1n) is 6.44. The van der Waals surface area contributed by atoms with Crippen LogP contribution in [0.1, 0.15) is 0 Å². The van der Waals surface area contributed by atoms with Crippen LogP contribution in [0.25, 0.3) is 32.7 Å². The molecular weight excluding hydrogens is 251 g/mol. The van der Waals surface area contributed by atoms with Crippen molar-refractivity contribution < 1.29 is 14.5 Å². The molecule has 0 fully saturated rings. The van der Waals surface area contributed by atoms with Crippen molar-refractivity contribution in [2.45, 2.75) is 0 Å². The van der Waals surface area contributed by atoms with E-state index in [1.807, 2.05) is 30.3 Å². The van der Waals surface area contributed by atoms with Gasteiger partial charge < -0.3 is 14.5 Å². The van der Waals surface area contributed by atoms with Gasteiger partial charge >= 0.3 is 7.12 Å². The summed E-state index contributed by atoms with van der Waals surface area (Å²) in [6, 6.07) is 17.4. The molecule has 4 rings (SSSR count). The molecule has 96 valence electrons. The molecule has 0 bridgehead atoms. The van der Waals surface area contributed by atoms with Gasteiger partial charge in [0.2, 0.25) is 0 Å². The van der Waals surface area contributed by atoms with E-state index in [2.05, 4.69) is 12.1 Å². The second kappa shape index (κ2) is 4.10. The van der Waals surface area contributed by atoms with Gasteiger partial charge in [-0.25, -0.2) is 0 Å². The molecule has 0 saturated heterocycles. The molecule has 2 N–H and O–H groups in total. The van der Waals surface area contributed by atoms with Gasteiger partial charge in [0.15, 0.2) is 0 Å². The molecule has 0 aliphatic rings. The zero-order valence-electron chi connectivity index (χ0n) is 10.6. The normalized spacial score (nSPS) is 11.5. The molecule has 0 atom stereocenters. The van der Waals surface area contributed by atoms with Crippen molar-refractivity contribution in [1.29, 1.82) is 0 Å². The lowest BCUT2D eigenvalue weighted by molar-refractivity contribution is 0.425. The van der Waals surface area contributed by atoms with E-state index in [1.165, 1.54) is 0 Å². The molecular formula is C16H11BO3. The average molecular weight is 262 g/mol. The summed E-state index contributed by atoms with van der Waals surface area (Å²) in [6.45, 7) is 0. The number of hydrogen-bond donors (Lipinski definition) is 2. The number of furan rings is 1. The van der Waals surface area contributed by atoms with Crippen LogP contribution in [0.15, 0.2) is 59.0 Å². The second-order valence-corrected chi connectivity index (χ2v) is 4.89. The molecule has 1 aromatic heterocycles. The molecule has 0 radical (unpaired) electrons. The van der Waals surface area contributed by atoms with Crippen molar-refractivity contribution in [3.05, 3.63) is 54.6 Å². The lowest BCUT2D eigenvalue weighted by Crippen LogP contribution is -2.29. The zero-order chi connectivity index (χ0) is 13.7. The van der Waals surface area contributed by atoms with Crippen LogP contribution in [0.5, 0.6) is 0 Å². The number of hydrogen-bond acceptors (Lipinski definition) is 3. The van der Waals surface area contributed by atoms with E-state index in [4.69, 9.17) is 4.42 Å². The van der Waals surface area contributed by atoms with Crippen LogP contribution in [0, 0.1) is 0 Å². The highest BCUT2D eigenvalue weighted by Crippen LogP contribution is 2.33. The Labute approximate surface area is 115 Å². The van der Waals surface area contributed by atoms with E-state index in [-0.39, 0.29) is 0 Å². The van der Waals surface area contributed by atoms with Crippen molar-refractivity contribution in [3.63, 3.8) is 0 Å². The van der Waals surface area contributed by atoms with E-state index in [1.54, 1.807) is 12.1 Å². The Bertz CT molecular complexity index is 940. The summed E-state index contributed by atoms with van der Waals surface area (Å²) in [5.41, 5.74) is 1.91. The minimum atomic E-state index is -1.48. The van der Waals surface area contributed by atoms with Gasteiger partial charge in [0.05, 0.1) is 0 Å². The lowest BCUT2D eigenvalue weighted by Gasteiger charge is -1.99. The lowest BCUT2D eigenvalue weighted by atomic mass is 9.80. The smallest absolute Gasteiger partial charge is 0.456 e. The molecule has 3 aromatic carbocycles. The quantitative estimate of drug-likeness (QED) is 0.518. The van der Waals surface area contributed by atoms with Gasteiger partial charge in [-0.05, 0) is 28.4 Å². The molecule has 0 aliphatic heterocycles. The summed E-state index contributed by atoms with van der Waals surface area (Å²) >= 11 is 0. The summed E-state index contributed by atoms with van der Waals surface area (Å²) in [7, 11) is -1.48. The Kier molecular flexibility index (Phi) is 2.36. The molecule has 1 heterocycles. The third-order valence-electron chi connectivity index (χ3n) is 3.68. The van der Waals surface area contributed by atoms with Crippen molar-refractivity contribution in [2.75, 3.05) is 0 Å². The fraction of sp³-hybridized carbons (Fsp3) is 0. The van der Waals surface area contributed by atoms with Crippen LogP contribution in [-0.2, 0) is 0 Å². The molecule has 0 aliphatic carbocycles.